The van der Waals surface area contributed by atoms with Crippen LogP contribution in [0.5, 0.6) is 0 Å². The molecule has 2 aromatic rings. The molecule has 0 saturated carbocycles. The van der Waals surface area contributed by atoms with Crippen molar-refractivity contribution in [1.82, 2.24) is 9.80 Å². The second kappa shape index (κ2) is 8.35. The number of amides is 1. The first kappa shape index (κ1) is 19.6. The van der Waals surface area contributed by atoms with E-state index in [9.17, 15) is 14.7 Å². The molecule has 0 unspecified atom stereocenters. The van der Waals surface area contributed by atoms with Gasteiger partial charge in [0.25, 0.3) is 5.91 Å². The molecule has 2 aromatic carbocycles. The van der Waals surface area contributed by atoms with Crippen LogP contribution in [0, 0.1) is 5.92 Å². The molecule has 2 fully saturated rings. The van der Waals surface area contributed by atoms with E-state index in [4.69, 9.17) is 4.74 Å². The molecule has 2 aliphatic rings. The van der Waals surface area contributed by atoms with Crippen molar-refractivity contribution >= 4 is 11.9 Å². The number of fused-ring (bicyclic) bond motifs is 1. The maximum atomic E-state index is 12.6. The van der Waals surface area contributed by atoms with Crippen molar-refractivity contribution < 1.29 is 19.4 Å². The third-order valence-corrected chi connectivity index (χ3v) is 6.06. The summed E-state index contributed by atoms with van der Waals surface area (Å²) in [6.45, 7) is 1.94. The van der Waals surface area contributed by atoms with Crippen molar-refractivity contribution in [2.45, 2.75) is 37.7 Å². The van der Waals surface area contributed by atoms with Gasteiger partial charge in [-0.05, 0) is 17.5 Å². The molecular formula is C23H26N2O4. The molecule has 1 N–H and O–H groups in total. The molecule has 2 aliphatic heterocycles. The predicted molar refractivity (Wildman–Crippen MR) is 108 cm³/mol. The number of hydrogen-bond donors (Lipinski definition) is 1. The van der Waals surface area contributed by atoms with Crippen LogP contribution in [0.15, 0.2) is 60.7 Å². The van der Waals surface area contributed by atoms with Crippen LogP contribution < -0.4 is 0 Å². The first-order valence-corrected chi connectivity index (χ1v) is 9.98. The number of rotatable bonds is 6. The van der Waals surface area contributed by atoms with Crippen molar-refractivity contribution in [3.8, 4) is 0 Å². The molecule has 0 bridgehead atoms. The Balaban J connectivity index is 1.65. The minimum atomic E-state index is -1.33. The van der Waals surface area contributed by atoms with Gasteiger partial charge in [-0.2, -0.15) is 0 Å². The van der Waals surface area contributed by atoms with Crippen LogP contribution in [0.25, 0.3) is 0 Å². The highest BCUT2D eigenvalue weighted by atomic mass is 16.5. The van der Waals surface area contributed by atoms with E-state index >= 15 is 0 Å². The number of aliphatic hydroxyl groups excluding tert-OH is 1. The normalized spacial score (nSPS) is 26.0. The first-order valence-electron chi connectivity index (χ1n) is 9.98. The quantitative estimate of drug-likeness (QED) is 0.757. The second-order valence-corrected chi connectivity index (χ2v) is 7.75. The molecule has 4 atom stereocenters. The minimum absolute atomic E-state index is 0.0411. The van der Waals surface area contributed by atoms with E-state index in [-0.39, 0.29) is 18.0 Å². The molecule has 6 nitrogen and oxygen atoms in total. The van der Waals surface area contributed by atoms with Gasteiger partial charge in [-0.25, -0.2) is 0 Å². The summed E-state index contributed by atoms with van der Waals surface area (Å²) in [5.41, 5.74) is 2.34. The van der Waals surface area contributed by atoms with Crippen LogP contribution in [-0.2, 0) is 27.4 Å². The summed E-state index contributed by atoms with van der Waals surface area (Å²) in [4.78, 5) is 29.0. The van der Waals surface area contributed by atoms with Gasteiger partial charge >= 0.3 is 5.97 Å². The molecule has 0 aliphatic carbocycles. The first-order chi connectivity index (χ1) is 14.1. The standard InChI is InChI=1S/C23H26N2O4/c1-29-23(28)19-20-18(12-13-25(20)22(27)21(19)26)24(14-16-8-4-2-5-9-16)15-17-10-6-3-7-11-17/h2-11,18-21,26H,12-15H2,1H3/t18-,19-,20-,21+/m0/s1. The summed E-state index contributed by atoms with van der Waals surface area (Å²) in [6, 6.07) is 19.9. The fraction of sp³-hybridized carbons (Fsp3) is 0.391. The summed E-state index contributed by atoms with van der Waals surface area (Å²) in [6.07, 6.45) is -0.568. The SMILES string of the molecule is COC(=O)[C@H]1[C@@H]2[C@@H](N(Cc3ccccc3)Cc3ccccc3)CCN2C(=O)[C@@H]1O. The van der Waals surface area contributed by atoms with Gasteiger partial charge in [-0.1, -0.05) is 60.7 Å². The van der Waals surface area contributed by atoms with E-state index in [1.54, 1.807) is 4.90 Å². The Morgan fingerprint density at radius 2 is 1.62 bits per heavy atom. The van der Waals surface area contributed by atoms with Crippen molar-refractivity contribution in [2.75, 3.05) is 13.7 Å². The fourth-order valence-electron chi connectivity index (χ4n) is 4.73. The Morgan fingerprint density at radius 1 is 1.07 bits per heavy atom. The monoisotopic (exact) mass is 394 g/mol. The van der Waals surface area contributed by atoms with E-state index in [1.165, 1.54) is 18.2 Å². The lowest BCUT2D eigenvalue weighted by atomic mass is 9.91. The van der Waals surface area contributed by atoms with Crippen LogP contribution in [-0.4, -0.2) is 58.6 Å². The Kier molecular flexibility index (Phi) is 5.65. The summed E-state index contributed by atoms with van der Waals surface area (Å²) in [5.74, 6) is -1.74. The number of hydrogen-bond acceptors (Lipinski definition) is 5. The minimum Gasteiger partial charge on any atom is -0.469 e. The van der Waals surface area contributed by atoms with Gasteiger partial charge in [-0.3, -0.25) is 14.5 Å². The average molecular weight is 394 g/mol. The van der Waals surface area contributed by atoms with E-state index < -0.39 is 18.0 Å². The summed E-state index contributed by atoms with van der Waals surface area (Å²) in [7, 11) is 1.30. The molecule has 2 heterocycles. The summed E-state index contributed by atoms with van der Waals surface area (Å²) < 4.78 is 4.93. The average Bonchev–Trinajstić information content (AvgIpc) is 3.28. The molecular weight excluding hydrogens is 368 g/mol. The number of methoxy groups -OCH3 is 1. The van der Waals surface area contributed by atoms with Gasteiger partial charge in [-0.15, -0.1) is 0 Å². The van der Waals surface area contributed by atoms with Gasteiger partial charge in [0.2, 0.25) is 0 Å². The van der Waals surface area contributed by atoms with E-state index in [2.05, 4.69) is 29.2 Å². The van der Waals surface area contributed by atoms with Gasteiger partial charge in [0.05, 0.1) is 13.2 Å². The molecule has 2 saturated heterocycles. The lowest BCUT2D eigenvalue weighted by Crippen LogP contribution is -2.48. The predicted octanol–water partition coefficient (Wildman–Crippen LogP) is 1.82. The highest BCUT2D eigenvalue weighted by molar-refractivity contribution is 5.92. The lowest BCUT2D eigenvalue weighted by Gasteiger charge is -2.34. The molecule has 0 radical (unpaired) electrons. The van der Waals surface area contributed by atoms with Crippen molar-refractivity contribution in [3.63, 3.8) is 0 Å². The molecule has 29 heavy (non-hydrogen) atoms. The van der Waals surface area contributed by atoms with Crippen molar-refractivity contribution in [1.29, 1.82) is 0 Å². The molecule has 152 valence electrons. The molecule has 1 amide bonds. The smallest absolute Gasteiger partial charge is 0.314 e. The number of carbonyl (C=O) groups excluding carboxylic acids is 2. The van der Waals surface area contributed by atoms with Crippen LogP contribution in [0.1, 0.15) is 17.5 Å². The Hall–Kier alpha value is -2.70. The zero-order valence-electron chi connectivity index (χ0n) is 16.5. The van der Waals surface area contributed by atoms with Crippen LogP contribution in [0.4, 0.5) is 0 Å². The molecule has 0 aromatic heterocycles. The van der Waals surface area contributed by atoms with Crippen molar-refractivity contribution in [3.05, 3.63) is 71.8 Å². The third kappa shape index (κ3) is 3.78. The topological polar surface area (TPSA) is 70.1 Å². The summed E-state index contributed by atoms with van der Waals surface area (Å²) in [5, 5.41) is 10.4. The highest BCUT2D eigenvalue weighted by Crippen LogP contribution is 2.38. The number of nitrogens with zero attached hydrogens (tertiary/aromatic N) is 2. The maximum absolute atomic E-state index is 12.6. The Labute approximate surface area is 170 Å². The summed E-state index contributed by atoms with van der Waals surface area (Å²) >= 11 is 0. The van der Waals surface area contributed by atoms with E-state index in [0.29, 0.717) is 19.6 Å². The third-order valence-electron chi connectivity index (χ3n) is 6.06. The van der Waals surface area contributed by atoms with Crippen molar-refractivity contribution in [2.24, 2.45) is 5.92 Å². The zero-order valence-corrected chi connectivity index (χ0v) is 16.5. The largest absolute Gasteiger partial charge is 0.469 e. The van der Waals surface area contributed by atoms with Gasteiger partial charge in [0.1, 0.15) is 12.0 Å². The number of esters is 1. The molecule has 0 spiro atoms. The number of benzene rings is 2. The fourth-order valence-corrected chi connectivity index (χ4v) is 4.73. The van der Waals surface area contributed by atoms with Gasteiger partial charge in [0.15, 0.2) is 0 Å². The van der Waals surface area contributed by atoms with E-state index in [1.807, 2.05) is 36.4 Å². The van der Waals surface area contributed by atoms with Crippen LogP contribution >= 0.6 is 0 Å². The number of ether oxygens (including phenoxy) is 1. The Bertz CT molecular complexity index is 816. The number of aliphatic hydroxyl groups is 1. The molecule has 6 heteroatoms. The zero-order chi connectivity index (χ0) is 20.4. The van der Waals surface area contributed by atoms with Crippen LogP contribution in [0.2, 0.25) is 0 Å². The maximum Gasteiger partial charge on any atom is 0.314 e. The van der Waals surface area contributed by atoms with Gasteiger partial charge in [0, 0.05) is 25.7 Å². The van der Waals surface area contributed by atoms with Crippen LogP contribution in [0.3, 0.4) is 0 Å². The number of carbonyl (C=O) groups is 2. The second-order valence-electron chi connectivity index (χ2n) is 7.75. The Morgan fingerprint density at radius 3 is 2.14 bits per heavy atom. The lowest BCUT2D eigenvalue weighted by molar-refractivity contribution is -0.151. The van der Waals surface area contributed by atoms with Gasteiger partial charge < -0.3 is 14.7 Å². The molecule has 4 rings (SSSR count). The highest BCUT2D eigenvalue weighted by Gasteiger charge is 2.58. The van der Waals surface area contributed by atoms with E-state index in [0.717, 1.165) is 6.42 Å².